The number of nitrogens with one attached hydrogen (secondary N) is 1. The molecular weight excluding hydrogens is 452 g/mol. The van der Waals surface area contributed by atoms with E-state index in [0.717, 1.165) is 77.4 Å². The maximum Gasteiger partial charge on any atom is 0.311 e. The molecule has 8 heteroatoms. The van der Waals surface area contributed by atoms with Gasteiger partial charge in [-0.2, -0.15) is 0 Å². The number of nitrogens with zero attached hydrogens (tertiary/aromatic N) is 5. The van der Waals surface area contributed by atoms with E-state index < -0.39 is 0 Å². The average molecular weight is 483 g/mol. The first kappa shape index (κ1) is 22.7. The van der Waals surface area contributed by atoms with Crippen molar-refractivity contribution in [2.24, 2.45) is 5.92 Å². The van der Waals surface area contributed by atoms with Gasteiger partial charge in [0.1, 0.15) is 6.10 Å². The van der Waals surface area contributed by atoms with Crippen LogP contribution < -0.4 is 4.90 Å². The molecule has 2 atom stereocenters. The Balaban J connectivity index is 1.22. The first-order chi connectivity index (χ1) is 17.5. The number of aromatic amines is 1. The molecule has 0 aliphatic carbocycles. The van der Waals surface area contributed by atoms with Crippen LogP contribution in [0.3, 0.4) is 0 Å². The summed E-state index contributed by atoms with van der Waals surface area (Å²) in [5.41, 5.74) is 6.55. The van der Waals surface area contributed by atoms with Gasteiger partial charge in [0.2, 0.25) is 0 Å². The summed E-state index contributed by atoms with van der Waals surface area (Å²) in [4.78, 5) is 34.4. The number of H-pyrrole nitrogens is 1. The second-order valence-corrected chi connectivity index (χ2v) is 9.93. The molecule has 4 aromatic rings. The van der Waals surface area contributed by atoms with E-state index in [4.69, 9.17) is 9.72 Å². The Kier molecular flexibility index (Phi) is 5.89. The SMILES string of the molecule is Cc1cccc(-c2[nH]cnc2-c2ccc3ncc(N4CCC(C(=O)O[C@H]5CCN(C)C5)C4)cc3c2)n1. The molecule has 6 rings (SSSR count). The van der Waals surface area contributed by atoms with Gasteiger partial charge in [-0.05, 0) is 57.1 Å². The number of hydrogen-bond donors (Lipinski definition) is 1. The monoisotopic (exact) mass is 482 g/mol. The van der Waals surface area contributed by atoms with Gasteiger partial charge in [-0.1, -0.05) is 12.1 Å². The van der Waals surface area contributed by atoms with Crippen LogP contribution in [-0.4, -0.2) is 70.1 Å². The number of fused-ring (bicyclic) bond motifs is 1. The van der Waals surface area contributed by atoms with Gasteiger partial charge in [0, 0.05) is 42.8 Å². The number of carbonyl (C=O) groups is 1. The minimum atomic E-state index is -0.0913. The number of esters is 1. The summed E-state index contributed by atoms with van der Waals surface area (Å²) in [6.07, 6.45) is 5.37. The van der Waals surface area contributed by atoms with Crippen molar-refractivity contribution in [2.45, 2.75) is 25.9 Å². The Bertz CT molecular complexity index is 1420. The van der Waals surface area contributed by atoms with Crippen molar-refractivity contribution in [1.29, 1.82) is 0 Å². The van der Waals surface area contributed by atoms with E-state index in [1.807, 2.05) is 43.5 Å². The third kappa shape index (κ3) is 4.44. The molecule has 8 nitrogen and oxygen atoms in total. The number of likely N-dealkylation sites (tertiary alicyclic amines) is 1. The molecule has 2 aliphatic heterocycles. The lowest BCUT2D eigenvalue weighted by atomic mass is 10.0. The van der Waals surface area contributed by atoms with Gasteiger partial charge in [0.05, 0.1) is 46.7 Å². The predicted molar refractivity (Wildman–Crippen MR) is 140 cm³/mol. The smallest absolute Gasteiger partial charge is 0.311 e. The summed E-state index contributed by atoms with van der Waals surface area (Å²) >= 11 is 0. The number of likely N-dealkylation sites (N-methyl/N-ethyl adjacent to an activating group) is 1. The number of ether oxygens (including phenoxy) is 1. The molecule has 2 aliphatic rings. The molecule has 3 aromatic heterocycles. The van der Waals surface area contributed by atoms with Crippen LogP contribution in [0.5, 0.6) is 0 Å². The number of pyridine rings is 2. The zero-order valence-electron chi connectivity index (χ0n) is 20.6. The van der Waals surface area contributed by atoms with Gasteiger partial charge in [0.15, 0.2) is 0 Å². The minimum Gasteiger partial charge on any atom is -0.461 e. The number of carbonyl (C=O) groups excluding carboxylic acids is 1. The number of benzene rings is 1. The molecule has 1 N–H and O–H groups in total. The molecule has 0 radical (unpaired) electrons. The van der Waals surface area contributed by atoms with E-state index in [1.165, 1.54) is 0 Å². The first-order valence-electron chi connectivity index (χ1n) is 12.5. The Labute approximate surface area is 210 Å². The Hall–Kier alpha value is -3.78. The van der Waals surface area contributed by atoms with Crippen molar-refractivity contribution in [1.82, 2.24) is 24.8 Å². The number of anilines is 1. The van der Waals surface area contributed by atoms with Crippen LogP contribution in [-0.2, 0) is 9.53 Å². The van der Waals surface area contributed by atoms with Crippen LogP contribution in [0.2, 0.25) is 0 Å². The number of aryl methyl sites for hydroxylation is 1. The van der Waals surface area contributed by atoms with E-state index >= 15 is 0 Å². The maximum atomic E-state index is 12.7. The summed E-state index contributed by atoms with van der Waals surface area (Å²) in [5, 5.41) is 1.04. The molecule has 2 saturated heterocycles. The number of rotatable bonds is 5. The fourth-order valence-corrected chi connectivity index (χ4v) is 5.27. The summed E-state index contributed by atoms with van der Waals surface area (Å²) in [7, 11) is 2.07. The third-order valence-corrected chi connectivity index (χ3v) is 7.24. The van der Waals surface area contributed by atoms with Crippen molar-refractivity contribution < 1.29 is 9.53 Å². The second kappa shape index (κ2) is 9.35. The summed E-state index contributed by atoms with van der Waals surface area (Å²) in [6.45, 7) is 5.28. The van der Waals surface area contributed by atoms with Crippen molar-refractivity contribution in [3.63, 3.8) is 0 Å². The number of aromatic nitrogens is 4. The summed E-state index contributed by atoms with van der Waals surface area (Å²) < 4.78 is 5.79. The van der Waals surface area contributed by atoms with Crippen LogP contribution in [0.25, 0.3) is 33.5 Å². The highest BCUT2D eigenvalue weighted by Crippen LogP contribution is 2.32. The van der Waals surface area contributed by atoms with Gasteiger partial charge in [-0.15, -0.1) is 0 Å². The van der Waals surface area contributed by atoms with E-state index in [2.05, 4.69) is 43.9 Å². The molecule has 36 heavy (non-hydrogen) atoms. The molecule has 5 heterocycles. The number of hydrogen-bond acceptors (Lipinski definition) is 7. The topological polar surface area (TPSA) is 87.2 Å². The maximum absolute atomic E-state index is 12.7. The molecule has 184 valence electrons. The van der Waals surface area contributed by atoms with Gasteiger partial charge in [-0.3, -0.25) is 14.8 Å². The van der Waals surface area contributed by atoms with Gasteiger partial charge in [0.25, 0.3) is 0 Å². The van der Waals surface area contributed by atoms with Crippen molar-refractivity contribution in [2.75, 3.05) is 38.1 Å². The Morgan fingerprint density at radius 3 is 2.83 bits per heavy atom. The molecule has 0 amide bonds. The predicted octanol–water partition coefficient (Wildman–Crippen LogP) is 4.07. The lowest BCUT2D eigenvalue weighted by molar-refractivity contribution is -0.152. The zero-order valence-corrected chi connectivity index (χ0v) is 20.6. The fraction of sp³-hybridized carbons (Fsp3) is 0.357. The summed E-state index contributed by atoms with van der Waals surface area (Å²) in [5.74, 6) is -0.156. The van der Waals surface area contributed by atoms with Crippen LogP contribution in [0.1, 0.15) is 18.5 Å². The highest BCUT2D eigenvalue weighted by Gasteiger charge is 2.33. The molecule has 2 fully saturated rings. The van der Waals surface area contributed by atoms with Gasteiger partial charge < -0.3 is 19.5 Å². The average Bonchev–Trinajstić information content (AvgIpc) is 3.64. The Morgan fingerprint density at radius 2 is 2.00 bits per heavy atom. The normalized spacial score (nSPS) is 20.3. The first-order valence-corrected chi connectivity index (χ1v) is 12.5. The van der Waals surface area contributed by atoms with Gasteiger partial charge in [-0.25, -0.2) is 4.98 Å². The molecule has 1 unspecified atom stereocenters. The van der Waals surface area contributed by atoms with Gasteiger partial charge >= 0.3 is 5.97 Å². The molecule has 1 aromatic carbocycles. The Morgan fingerprint density at radius 1 is 1.08 bits per heavy atom. The van der Waals surface area contributed by atoms with E-state index in [-0.39, 0.29) is 18.0 Å². The van der Waals surface area contributed by atoms with Crippen LogP contribution >= 0.6 is 0 Å². The van der Waals surface area contributed by atoms with Crippen LogP contribution in [0.15, 0.2) is 55.0 Å². The van der Waals surface area contributed by atoms with E-state index in [1.54, 1.807) is 6.33 Å². The third-order valence-electron chi connectivity index (χ3n) is 7.24. The minimum absolute atomic E-state index is 0.0271. The molecule has 0 bridgehead atoms. The molecular formula is C28H30N6O2. The number of imidazole rings is 1. The lowest BCUT2D eigenvalue weighted by Crippen LogP contribution is -2.28. The second-order valence-electron chi connectivity index (χ2n) is 9.93. The van der Waals surface area contributed by atoms with Crippen molar-refractivity contribution in [3.05, 3.63) is 60.7 Å². The molecule has 0 spiro atoms. The van der Waals surface area contributed by atoms with Crippen LogP contribution in [0, 0.1) is 12.8 Å². The highest BCUT2D eigenvalue weighted by molar-refractivity contribution is 5.88. The fourth-order valence-electron chi connectivity index (χ4n) is 5.27. The lowest BCUT2D eigenvalue weighted by Gasteiger charge is -2.19. The highest BCUT2D eigenvalue weighted by atomic mass is 16.5. The molecule has 0 saturated carbocycles. The van der Waals surface area contributed by atoms with E-state index in [9.17, 15) is 4.79 Å². The quantitative estimate of drug-likeness (QED) is 0.429. The van der Waals surface area contributed by atoms with Crippen molar-refractivity contribution in [3.8, 4) is 22.6 Å². The largest absolute Gasteiger partial charge is 0.461 e. The zero-order chi connectivity index (χ0) is 24.6. The van der Waals surface area contributed by atoms with Crippen LogP contribution in [0.4, 0.5) is 5.69 Å². The van der Waals surface area contributed by atoms with Crippen molar-refractivity contribution >= 4 is 22.6 Å². The standard InChI is InChI=1S/C28H30N6O2/c1-18-4-3-5-25(32-18)27-26(30-17-31-27)19-6-7-24-21(12-19)13-22(14-29-24)34-11-8-20(15-34)28(35)36-23-9-10-33(2)16-23/h3-7,12-14,17,20,23H,8-11,15-16H2,1-2H3,(H,30,31)/t20?,23-/m0/s1. The van der Waals surface area contributed by atoms with E-state index in [0.29, 0.717) is 6.54 Å². The summed E-state index contributed by atoms with van der Waals surface area (Å²) in [6, 6.07) is 14.3.